The van der Waals surface area contributed by atoms with Crippen LogP contribution in [0.1, 0.15) is 56.3 Å². The molecule has 0 unspecified atom stereocenters. The Bertz CT molecular complexity index is 418. The van der Waals surface area contributed by atoms with Crippen molar-refractivity contribution >= 4 is 27.9 Å². The zero-order chi connectivity index (χ0) is 15.0. The normalized spacial score (nSPS) is 15.4. The van der Waals surface area contributed by atoms with Crippen LogP contribution in [0.5, 0.6) is 0 Å². The van der Waals surface area contributed by atoms with E-state index in [1.54, 1.807) is 6.20 Å². The molecule has 0 spiro atoms. The zero-order valence-corrected chi connectivity index (χ0v) is 13.6. The molecular formula is C15H22BrFN2O. The number of hydrogen-bond acceptors (Lipinski definition) is 3. The molecule has 3 nitrogen and oxygen atoms in total. The average Bonchev–Trinajstić information content (AvgIpc) is 2.39. The molecule has 2 rings (SSSR count). The number of pyridine rings is 1. The van der Waals surface area contributed by atoms with Crippen LogP contribution in [0.3, 0.4) is 0 Å². The number of halogens is 2. The standard InChI is InChI=1S/C12H15BrN2O.C3H7F/c13-12-6-11(9(8-16)7-14-12)15-10-4-2-1-3-5-10;1-3(2)4/h6-8,10H,1-5H2,(H,14,15);3H,1-2H3. The molecule has 0 bridgehead atoms. The minimum absolute atomic E-state index is 0.502. The third kappa shape index (κ3) is 6.46. The summed E-state index contributed by atoms with van der Waals surface area (Å²) in [4.78, 5) is 14.9. The van der Waals surface area contributed by atoms with Gasteiger partial charge in [-0.05, 0) is 48.7 Å². The van der Waals surface area contributed by atoms with Crippen LogP contribution in [0.25, 0.3) is 0 Å². The first-order valence-corrected chi connectivity index (χ1v) is 7.83. The van der Waals surface area contributed by atoms with Gasteiger partial charge in [-0.3, -0.25) is 4.79 Å². The third-order valence-electron chi connectivity index (χ3n) is 2.99. The number of carbonyl (C=O) groups is 1. The van der Waals surface area contributed by atoms with Crippen LogP contribution in [0.15, 0.2) is 16.9 Å². The van der Waals surface area contributed by atoms with Gasteiger partial charge in [0.1, 0.15) is 4.60 Å². The van der Waals surface area contributed by atoms with E-state index in [1.165, 1.54) is 46.0 Å². The first kappa shape index (κ1) is 17.1. The molecule has 1 aromatic rings. The Morgan fingerprint density at radius 2 is 2.00 bits per heavy atom. The number of anilines is 1. The summed E-state index contributed by atoms with van der Waals surface area (Å²) < 4.78 is 11.8. The summed E-state index contributed by atoms with van der Waals surface area (Å²) in [5.74, 6) is 0. The maximum atomic E-state index is 11.0. The molecule has 1 heterocycles. The molecule has 0 amide bonds. The number of nitrogens with zero attached hydrogens (tertiary/aromatic N) is 1. The van der Waals surface area contributed by atoms with Crippen molar-refractivity contribution in [1.82, 2.24) is 4.98 Å². The van der Waals surface area contributed by atoms with Gasteiger partial charge in [0.15, 0.2) is 6.29 Å². The summed E-state index contributed by atoms with van der Waals surface area (Å²) in [5.41, 5.74) is 1.53. The number of nitrogens with one attached hydrogen (secondary N) is 1. The van der Waals surface area contributed by atoms with Crippen molar-refractivity contribution in [3.8, 4) is 0 Å². The first-order chi connectivity index (χ1) is 9.52. The molecule has 1 aromatic heterocycles. The third-order valence-corrected chi connectivity index (χ3v) is 3.43. The first-order valence-electron chi connectivity index (χ1n) is 7.04. The highest BCUT2D eigenvalue weighted by Crippen LogP contribution is 2.24. The highest BCUT2D eigenvalue weighted by molar-refractivity contribution is 9.10. The van der Waals surface area contributed by atoms with E-state index in [1.807, 2.05) is 6.07 Å². The SMILES string of the molecule is CC(C)F.O=Cc1cnc(Br)cc1NC1CCCCC1. The summed E-state index contributed by atoms with van der Waals surface area (Å²) in [5, 5.41) is 3.44. The van der Waals surface area contributed by atoms with E-state index < -0.39 is 6.17 Å². The van der Waals surface area contributed by atoms with E-state index in [4.69, 9.17) is 0 Å². The lowest BCUT2D eigenvalue weighted by Crippen LogP contribution is -2.22. The van der Waals surface area contributed by atoms with Gasteiger partial charge < -0.3 is 5.32 Å². The number of rotatable bonds is 3. The van der Waals surface area contributed by atoms with Gasteiger partial charge in [-0.1, -0.05) is 19.3 Å². The largest absolute Gasteiger partial charge is 0.382 e. The van der Waals surface area contributed by atoms with E-state index in [-0.39, 0.29) is 0 Å². The van der Waals surface area contributed by atoms with E-state index in [0.717, 1.165) is 16.6 Å². The quantitative estimate of drug-likeness (QED) is 0.634. The summed E-state index contributed by atoms with van der Waals surface area (Å²) in [7, 11) is 0. The molecule has 1 aliphatic rings. The van der Waals surface area contributed by atoms with Gasteiger partial charge in [-0.15, -0.1) is 0 Å². The van der Waals surface area contributed by atoms with Gasteiger partial charge in [0, 0.05) is 17.9 Å². The van der Waals surface area contributed by atoms with Crippen molar-refractivity contribution in [3.63, 3.8) is 0 Å². The minimum atomic E-state index is -0.667. The van der Waals surface area contributed by atoms with Crippen molar-refractivity contribution < 1.29 is 9.18 Å². The van der Waals surface area contributed by atoms with Gasteiger partial charge in [0.2, 0.25) is 0 Å². The summed E-state index contributed by atoms with van der Waals surface area (Å²) in [6.45, 7) is 3.00. The van der Waals surface area contributed by atoms with Crippen molar-refractivity contribution in [2.24, 2.45) is 0 Å². The zero-order valence-electron chi connectivity index (χ0n) is 12.0. The molecule has 20 heavy (non-hydrogen) atoms. The van der Waals surface area contributed by atoms with Gasteiger partial charge in [-0.2, -0.15) is 0 Å². The Kier molecular flexibility index (Phi) is 7.73. The highest BCUT2D eigenvalue weighted by atomic mass is 79.9. The Morgan fingerprint density at radius 1 is 1.40 bits per heavy atom. The van der Waals surface area contributed by atoms with E-state index >= 15 is 0 Å². The molecular weight excluding hydrogens is 323 g/mol. The molecule has 1 fully saturated rings. The molecule has 1 aliphatic carbocycles. The van der Waals surface area contributed by atoms with Crippen LogP contribution in [-0.2, 0) is 0 Å². The molecule has 0 saturated heterocycles. The lowest BCUT2D eigenvalue weighted by molar-refractivity contribution is 0.112. The Labute approximate surface area is 128 Å². The van der Waals surface area contributed by atoms with Crippen LogP contribution >= 0.6 is 15.9 Å². The monoisotopic (exact) mass is 344 g/mol. The molecule has 0 radical (unpaired) electrons. The molecule has 1 N–H and O–H groups in total. The van der Waals surface area contributed by atoms with Gasteiger partial charge in [0.25, 0.3) is 0 Å². The lowest BCUT2D eigenvalue weighted by Gasteiger charge is -2.24. The fraction of sp³-hybridized carbons (Fsp3) is 0.600. The van der Waals surface area contributed by atoms with Crippen molar-refractivity contribution in [1.29, 1.82) is 0 Å². The van der Waals surface area contributed by atoms with Gasteiger partial charge in [-0.25, -0.2) is 9.37 Å². The molecule has 0 atom stereocenters. The molecule has 112 valence electrons. The lowest BCUT2D eigenvalue weighted by atomic mass is 9.95. The van der Waals surface area contributed by atoms with Crippen LogP contribution < -0.4 is 5.32 Å². The van der Waals surface area contributed by atoms with Crippen LogP contribution in [0.2, 0.25) is 0 Å². The van der Waals surface area contributed by atoms with Crippen molar-refractivity contribution in [2.75, 3.05) is 5.32 Å². The number of hydrogen-bond donors (Lipinski definition) is 1. The number of carbonyl (C=O) groups excluding carboxylic acids is 1. The summed E-state index contributed by atoms with van der Waals surface area (Å²) >= 11 is 3.32. The maximum absolute atomic E-state index is 11.0. The minimum Gasteiger partial charge on any atom is -0.382 e. The Morgan fingerprint density at radius 3 is 2.55 bits per heavy atom. The van der Waals surface area contributed by atoms with Crippen LogP contribution in [0, 0.1) is 0 Å². The molecule has 5 heteroatoms. The molecule has 1 saturated carbocycles. The predicted molar refractivity (Wildman–Crippen MR) is 84.1 cm³/mol. The van der Waals surface area contributed by atoms with Gasteiger partial charge in [0.05, 0.1) is 11.7 Å². The second-order valence-electron chi connectivity index (χ2n) is 5.21. The van der Waals surface area contributed by atoms with E-state index in [2.05, 4.69) is 26.2 Å². The predicted octanol–water partition coefficient (Wildman–Crippen LogP) is 4.77. The fourth-order valence-electron chi connectivity index (χ4n) is 2.13. The van der Waals surface area contributed by atoms with Gasteiger partial charge >= 0.3 is 0 Å². The fourth-order valence-corrected chi connectivity index (χ4v) is 2.46. The molecule has 0 aromatic carbocycles. The number of aromatic nitrogens is 1. The maximum Gasteiger partial charge on any atom is 0.153 e. The number of alkyl halides is 1. The summed E-state index contributed by atoms with van der Waals surface area (Å²) in [6, 6.07) is 2.37. The van der Waals surface area contributed by atoms with E-state index in [0.29, 0.717) is 11.6 Å². The number of aldehydes is 1. The van der Waals surface area contributed by atoms with Crippen molar-refractivity contribution in [3.05, 3.63) is 22.4 Å². The topological polar surface area (TPSA) is 42.0 Å². The Balaban J connectivity index is 0.000000444. The van der Waals surface area contributed by atoms with Crippen LogP contribution in [-0.4, -0.2) is 23.5 Å². The van der Waals surface area contributed by atoms with Crippen molar-refractivity contribution in [2.45, 2.75) is 58.2 Å². The smallest absolute Gasteiger partial charge is 0.153 e. The Hall–Kier alpha value is -0.970. The second kappa shape index (κ2) is 9.06. The second-order valence-corrected chi connectivity index (χ2v) is 6.02. The van der Waals surface area contributed by atoms with E-state index in [9.17, 15) is 9.18 Å². The molecule has 0 aliphatic heterocycles. The average molecular weight is 345 g/mol. The highest BCUT2D eigenvalue weighted by Gasteiger charge is 2.14. The van der Waals surface area contributed by atoms with Crippen LogP contribution in [0.4, 0.5) is 10.1 Å². The summed E-state index contributed by atoms with van der Waals surface area (Å²) in [6.07, 6.45) is 8.06.